The number of ether oxygens (including phenoxy) is 1. The summed E-state index contributed by atoms with van der Waals surface area (Å²) in [6.07, 6.45) is 8.57. The van der Waals surface area contributed by atoms with Gasteiger partial charge < -0.3 is 10.1 Å². The molecule has 0 aromatic carbocycles. The van der Waals surface area contributed by atoms with Gasteiger partial charge >= 0.3 is 0 Å². The highest BCUT2D eigenvalue weighted by molar-refractivity contribution is 5.93. The third kappa shape index (κ3) is 2.77. The van der Waals surface area contributed by atoms with E-state index in [1.165, 1.54) is 25.8 Å². The van der Waals surface area contributed by atoms with Crippen molar-refractivity contribution in [3.8, 4) is 0 Å². The Kier molecular flexibility index (Phi) is 3.66. The molecule has 0 unspecified atom stereocenters. The van der Waals surface area contributed by atoms with Gasteiger partial charge in [-0.25, -0.2) is 0 Å². The van der Waals surface area contributed by atoms with Gasteiger partial charge in [-0.2, -0.15) is 5.10 Å². The van der Waals surface area contributed by atoms with Gasteiger partial charge in [0.15, 0.2) is 0 Å². The number of hydrogen-bond acceptors (Lipinski definition) is 4. The molecule has 3 fully saturated rings. The third-order valence-corrected chi connectivity index (χ3v) is 5.10. The summed E-state index contributed by atoms with van der Waals surface area (Å²) in [5.74, 6) is 0.828. The Hall–Kier alpha value is -1.40. The second-order valence-electron chi connectivity index (χ2n) is 6.92. The van der Waals surface area contributed by atoms with Crippen molar-refractivity contribution >= 4 is 5.91 Å². The molecular formula is C16H24N4O2. The maximum atomic E-state index is 12.4. The van der Waals surface area contributed by atoms with Crippen LogP contribution in [0, 0.1) is 5.92 Å². The van der Waals surface area contributed by atoms with Crippen LogP contribution in [-0.2, 0) is 11.8 Å². The van der Waals surface area contributed by atoms with E-state index in [1.54, 1.807) is 17.1 Å². The lowest BCUT2D eigenvalue weighted by Gasteiger charge is -2.32. The summed E-state index contributed by atoms with van der Waals surface area (Å²) in [6, 6.07) is 0.574. The summed E-state index contributed by atoms with van der Waals surface area (Å²) < 4.78 is 7.67. The fourth-order valence-electron chi connectivity index (χ4n) is 3.81. The maximum absolute atomic E-state index is 12.4. The van der Waals surface area contributed by atoms with Crippen molar-refractivity contribution in [2.24, 2.45) is 13.0 Å². The minimum atomic E-state index is -0.0423. The van der Waals surface area contributed by atoms with Gasteiger partial charge in [0.1, 0.15) is 0 Å². The van der Waals surface area contributed by atoms with Crippen LogP contribution in [0.15, 0.2) is 12.4 Å². The van der Waals surface area contributed by atoms with Crippen LogP contribution in [0.4, 0.5) is 0 Å². The molecule has 6 nitrogen and oxygen atoms in total. The Morgan fingerprint density at radius 2 is 2.32 bits per heavy atom. The molecular weight excluding hydrogens is 280 g/mol. The van der Waals surface area contributed by atoms with Crippen LogP contribution in [0.3, 0.4) is 0 Å². The van der Waals surface area contributed by atoms with E-state index in [0.29, 0.717) is 11.6 Å². The fraction of sp³-hybridized carbons (Fsp3) is 0.750. The zero-order valence-corrected chi connectivity index (χ0v) is 13.1. The molecule has 1 aromatic heterocycles. The van der Waals surface area contributed by atoms with E-state index in [4.69, 9.17) is 4.74 Å². The SMILES string of the molecule is Cn1cc(C(=O)N[C@@H]2CN(CC3CC3)[C@H]3CCCO[C@@H]23)cn1. The summed E-state index contributed by atoms with van der Waals surface area (Å²) in [6.45, 7) is 2.90. The lowest BCUT2D eigenvalue weighted by Crippen LogP contribution is -2.47. The molecule has 1 N–H and O–H groups in total. The topological polar surface area (TPSA) is 59.4 Å². The molecule has 2 saturated heterocycles. The zero-order valence-electron chi connectivity index (χ0n) is 13.1. The summed E-state index contributed by atoms with van der Waals surface area (Å²) in [5.41, 5.74) is 0.621. The molecule has 6 heteroatoms. The van der Waals surface area contributed by atoms with E-state index < -0.39 is 0 Å². The average molecular weight is 304 g/mol. The van der Waals surface area contributed by atoms with E-state index in [9.17, 15) is 4.79 Å². The smallest absolute Gasteiger partial charge is 0.254 e. The summed E-state index contributed by atoms with van der Waals surface area (Å²) >= 11 is 0. The first-order valence-electron chi connectivity index (χ1n) is 8.36. The van der Waals surface area contributed by atoms with Gasteiger partial charge in [0.05, 0.1) is 23.9 Å². The summed E-state index contributed by atoms with van der Waals surface area (Å²) in [4.78, 5) is 14.9. The predicted molar refractivity (Wildman–Crippen MR) is 81.5 cm³/mol. The highest BCUT2D eigenvalue weighted by Crippen LogP contribution is 2.35. The number of rotatable bonds is 4. The Bertz CT molecular complexity index is 554. The zero-order chi connectivity index (χ0) is 15.1. The van der Waals surface area contributed by atoms with E-state index in [0.717, 1.165) is 25.5 Å². The molecule has 0 bridgehead atoms. The van der Waals surface area contributed by atoms with E-state index in [-0.39, 0.29) is 18.1 Å². The molecule has 22 heavy (non-hydrogen) atoms. The molecule has 4 rings (SSSR count). The Balaban J connectivity index is 1.44. The van der Waals surface area contributed by atoms with Crippen molar-refractivity contribution in [2.75, 3.05) is 19.7 Å². The van der Waals surface area contributed by atoms with Crippen molar-refractivity contribution in [1.82, 2.24) is 20.0 Å². The van der Waals surface area contributed by atoms with Gasteiger partial charge in [-0.05, 0) is 31.6 Å². The minimum absolute atomic E-state index is 0.0423. The van der Waals surface area contributed by atoms with Crippen LogP contribution in [0.5, 0.6) is 0 Å². The number of amides is 1. The maximum Gasteiger partial charge on any atom is 0.254 e. The van der Waals surface area contributed by atoms with Crippen LogP contribution in [0.2, 0.25) is 0 Å². The lowest BCUT2D eigenvalue weighted by molar-refractivity contribution is -0.0205. The van der Waals surface area contributed by atoms with Gasteiger partial charge in [0, 0.05) is 39.0 Å². The van der Waals surface area contributed by atoms with Crippen molar-refractivity contribution < 1.29 is 9.53 Å². The number of carbonyl (C=O) groups is 1. The first kappa shape index (κ1) is 14.2. The largest absolute Gasteiger partial charge is 0.374 e. The number of carbonyl (C=O) groups excluding carboxylic acids is 1. The quantitative estimate of drug-likeness (QED) is 0.893. The minimum Gasteiger partial charge on any atom is -0.374 e. The van der Waals surface area contributed by atoms with Crippen molar-refractivity contribution in [3.05, 3.63) is 18.0 Å². The first-order chi connectivity index (χ1) is 10.7. The molecule has 0 spiro atoms. The van der Waals surface area contributed by atoms with Crippen molar-refractivity contribution in [3.63, 3.8) is 0 Å². The van der Waals surface area contributed by atoms with E-state index >= 15 is 0 Å². The van der Waals surface area contributed by atoms with E-state index in [1.807, 2.05) is 7.05 Å². The molecule has 0 radical (unpaired) electrons. The van der Waals surface area contributed by atoms with Gasteiger partial charge in [-0.3, -0.25) is 14.4 Å². The van der Waals surface area contributed by atoms with Crippen molar-refractivity contribution in [1.29, 1.82) is 0 Å². The monoisotopic (exact) mass is 304 g/mol. The van der Waals surface area contributed by atoms with Crippen LogP contribution >= 0.6 is 0 Å². The molecule has 1 saturated carbocycles. The number of aryl methyl sites for hydroxylation is 1. The van der Waals surface area contributed by atoms with Crippen LogP contribution in [0.25, 0.3) is 0 Å². The highest BCUT2D eigenvalue weighted by atomic mass is 16.5. The Morgan fingerprint density at radius 3 is 3.05 bits per heavy atom. The number of nitrogens with zero attached hydrogens (tertiary/aromatic N) is 3. The Morgan fingerprint density at radius 1 is 1.45 bits per heavy atom. The number of nitrogens with one attached hydrogen (secondary N) is 1. The van der Waals surface area contributed by atoms with E-state index in [2.05, 4.69) is 15.3 Å². The number of fused-ring (bicyclic) bond motifs is 1. The normalized spacial score (nSPS) is 32.0. The fourth-order valence-corrected chi connectivity index (χ4v) is 3.81. The standard InChI is InChI=1S/C16H24N4O2/c1-19-9-12(7-17-19)16(21)18-13-10-20(8-11-4-5-11)14-3-2-6-22-15(13)14/h7,9,11,13-15H,2-6,8,10H2,1H3,(H,18,21)/t13-,14+,15+/m1/s1. The molecule has 1 amide bonds. The van der Waals surface area contributed by atoms with Gasteiger partial charge in [0.2, 0.25) is 0 Å². The van der Waals surface area contributed by atoms with Crippen LogP contribution < -0.4 is 5.32 Å². The Labute approximate surface area is 130 Å². The molecule has 3 heterocycles. The van der Waals surface area contributed by atoms with Crippen molar-refractivity contribution in [2.45, 2.75) is 43.9 Å². The van der Waals surface area contributed by atoms with Crippen LogP contribution in [-0.4, -0.2) is 58.5 Å². The summed E-state index contributed by atoms with van der Waals surface area (Å²) in [5, 5.41) is 7.24. The molecule has 1 aromatic rings. The molecule has 120 valence electrons. The lowest BCUT2D eigenvalue weighted by atomic mass is 10.0. The van der Waals surface area contributed by atoms with Gasteiger partial charge in [-0.15, -0.1) is 0 Å². The molecule has 3 atom stereocenters. The molecule has 1 aliphatic carbocycles. The average Bonchev–Trinajstić information content (AvgIpc) is 3.13. The van der Waals surface area contributed by atoms with Crippen LogP contribution in [0.1, 0.15) is 36.0 Å². The van der Waals surface area contributed by atoms with Gasteiger partial charge in [-0.1, -0.05) is 0 Å². The second-order valence-corrected chi connectivity index (χ2v) is 6.92. The first-order valence-corrected chi connectivity index (χ1v) is 8.36. The number of aromatic nitrogens is 2. The molecule has 2 aliphatic heterocycles. The molecule has 3 aliphatic rings. The number of hydrogen-bond donors (Lipinski definition) is 1. The third-order valence-electron chi connectivity index (χ3n) is 5.10. The second kappa shape index (κ2) is 5.66. The highest BCUT2D eigenvalue weighted by Gasteiger charge is 2.45. The predicted octanol–water partition coefficient (Wildman–Crippen LogP) is 0.792. The number of likely N-dealkylation sites (tertiary alicyclic amines) is 1. The summed E-state index contributed by atoms with van der Waals surface area (Å²) in [7, 11) is 1.82. The van der Waals surface area contributed by atoms with Gasteiger partial charge in [0.25, 0.3) is 5.91 Å².